The molecule has 2 heterocycles. The molecule has 1 saturated heterocycles. The van der Waals surface area contributed by atoms with Gasteiger partial charge in [-0.2, -0.15) is 0 Å². The molecule has 21 heavy (non-hydrogen) atoms. The Balaban J connectivity index is 1.67. The molecular weight excluding hydrogens is 273 g/mol. The molecule has 2 aromatic rings. The van der Waals surface area contributed by atoms with E-state index in [0.29, 0.717) is 12.2 Å². The Morgan fingerprint density at radius 2 is 2.33 bits per heavy atom. The first-order valence-electron chi connectivity index (χ1n) is 6.76. The second-order valence-corrected chi connectivity index (χ2v) is 5.19. The van der Waals surface area contributed by atoms with Gasteiger partial charge in [-0.3, -0.25) is 4.79 Å². The molecule has 0 atom stereocenters. The van der Waals surface area contributed by atoms with Crippen LogP contribution in [0.4, 0.5) is 4.39 Å². The maximum Gasteiger partial charge on any atom is 0.276 e. The number of rotatable bonds is 4. The van der Waals surface area contributed by atoms with Crippen molar-refractivity contribution in [1.29, 1.82) is 0 Å². The second kappa shape index (κ2) is 5.61. The van der Waals surface area contributed by atoms with Crippen LogP contribution in [0.15, 0.2) is 30.5 Å². The van der Waals surface area contributed by atoms with Crippen molar-refractivity contribution in [3.05, 3.63) is 47.5 Å². The maximum absolute atomic E-state index is 13.1. The lowest BCUT2D eigenvalue weighted by atomic mass is 10.2. The van der Waals surface area contributed by atoms with Crippen LogP contribution in [0.5, 0.6) is 0 Å². The second-order valence-electron chi connectivity index (χ2n) is 5.19. The van der Waals surface area contributed by atoms with Crippen molar-refractivity contribution >= 4 is 5.91 Å². The van der Waals surface area contributed by atoms with E-state index in [9.17, 15) is 9.18 Å². The van der Waals surface area contributed by atoms with Crippen molar-refractivity contribution in [2.45, 2.75) is 12.6 Å². The lowest BCUT2D eigenvalue weighted by Crippen LogP contribution is -2.43. The van der Waals surface area contributed by atoms with Crippen molar-refractivity contribution in [3.8, 4) is 0 Å². The number of carbonyl (C=O) groups is 1. The third kappa shape index (κ3) is 2.92. The van der Waals surface area contributed by atoms with Gasteiger partial charge in [-0.05, 0) is 17.7 Å². The fourth-order valence-electron chi connectivity index (χ4n) is 2.19. The highest BCUT2D eigenvalue weighted by Gasteiger charge is 2.22. The summed E-state index contributed by atoms with van der Waals surface area (Å²) in [5.41, 5.74) is 1.04. The predicted molar refractivity (Wildman–Crippen MR) is 74.1 cm³/mol. The van der Waals surface area contributed by atoms with Gasteiger partial charge >= 0.3 is 0 Å². The summed E-state index contributed by atoms with van der Waals surface area (Å²) < 4.78 is 14.9. The lowest BCUT2D eigenvalue weighted by molar-refractivity contribution is 0.0779. The van der Waals surface area contributed by atoms with E-state index in [1.54, 1.807) is 30.1 Å². The number of halogens is 1. The first-order valence-corrected chi connectivity index (χ1v) is 6.76. The van der Waals surface area contributed by atoms with Gasteiger partial charge in [0.05, 0.1) is 12.2 Å². The molecule has 7 heteroatoms. The summed E-state index contributed by atoms with van der Waals surface area (Å²) >= 11 is 0. The van der Waals surface area contributed by atoms with E-state index >= 15 is 0 Å². The molecule has 1 aromatic carbocycles. The Kier molecular flexibility index (Phi) is 3.66. The summed E-state index contributed by atoms with van der Waals surface area (Å²) in [5, 5.41) is 11.0. The Labute approximate surface area is 121 Å². The quantitative estimate of drug-likeness (QED) is 0.905. The van der Waals surface area contributed by atoms with E-state index in [1.165, 1.54) is 17.0 Å². The molecule has 1 fully saturated rings. The fourth-order valence-corrected chi connectivity index (χ4v) is 2.19. The van der Waals surface area contributed by atoms with Crippen LogP contribution in [-0.4, -0.2) is 45.9 Å². The SMILES string of the molecule is CN(Cc1cccc(F)c1)C(=O)c1cn(C2CNC2)nn1. The zero-order chi connectivity index (χ0) is 14.8. The molecule has 3 rings (SSSR count). The highest BCUT2D eigenvalue weighted by Crippen LogP contribution is 2.12. The van der Waals surface area contributed by atoms with Gasteiger partial charge in [0.1, 0.15) is 5.82 Å². The van der Waals surface area contributed by atoms with Crippen LogP contribution in [0, 0.1) is 5.82 Å². The molecule has 0 aliphatic carbocycles. The van der Waals surface area contributed by atoms with Gasteiger partial charge < -0.3 is 10.2 Å². The van der Waals surface area contributed by atoms with Gasteiger partial charge in [0.15, 0.2) is 5.69 Å². The van der Waals surface area contributed by atoms with Crippen LogP contribution in [0.1, 0.15) is 22.1 Å². The van der Waals surface area contributed by atoms with Crippen LogP contribution in [-0.2, 0) is 6.54 Å². The van der Waals surface area contributed by atoms with Gasteiger partial charge in [0.25, 0.3) is 5.91 Å². The molecule has 110 valence electrons. The van der Waals surface area contributed by atoms with E-state index in [-0.39, 0.29) is 17.8 Å². The fraction of sp³-hybridized carbons (Fsp3) is 0.357. The molecule has 6 nitrogen and oxygen atoms in total. The van der Waals surface area contributed by atoms with Crippen LogP contribution < -0.4 is 5.32 Å². The molecular formula is C14H16FN5O. The lowest BCUT2D eigenvalue weighted by Gasteiger charge is -2.26. The van der Waals surface area contributed by atoms with Gasteiger partial charge in [0, 0.05) is 26.7 Å². The van der Waals surface area contributed by atoms with Crippen molar-refractivity contribution < 1.29 is 9.18 Å². The molecule has 0 radical (unpaired) electrons. The normalized spacial score (nSPS) is 14.8. The average molecular weight is 289 g/mol. The number of benzene rings is 1. The number of nitrogens with zero attached hydrogens (tertiary/aromatic N) is 4. The first kappa shape index (κ1) is 13.7. The molecule has 1 aliphatic rings. The summed E-state index contributed by atoms with van der Waals surface area (Å²) in [6.07, 6.45) is 1.66. The first-order chi connectivity index (χ1) is 10.1. The number of hydrogen-bond acceptors (Lipinski definition) is 4. The molecule has 0 saturated carbocycles. The van der Waals surface area contributed by atoms with Gasteiger partial charge in [-0.1, -0.05) is 17.3 Å². The number of amides is 1. The topological polar surface area (TPSA) is 63.1 Å². The minimum Gasteiger partial charge on any atom is -0.336 e. The van der Waals surface area contributed by atoms with Crippen molar-refractivity contribution in [3.63, 3.8) is 0 Å². The minimum atomic E-state index is -0.309. The average Bonchev–Trinajstić information content (AvgIpc) is 2.85. The molecule has 1 aliphatic heterocycles. The van der Waals surface area contributed by atoms with Crippen LogP contribution >= 0.6 is 0 Å². The zero-order valence-corrected chi connectivity index (χ0v) is 11.7. The number of aromatic nitrogens is 3. The summed E-state index contributed by atoms with van der Waals surface area (Å²) in [7, 11) is 1.66. The van der Waals surface area contributed by atoms with Gasteiger partial charge in [0.2, 0.25) is 0 Å². The van der Waals surface area contributed by atoms with Gasteiger partial charge in [-0.25, -0.2) is 9.07 Å². The predicted octanol–water partition coefficient (Wildman–Crippen LogP) is 0.834. The van der Waals surface area contributed by atoms with Crippen molar-refractivity contribution in [1.82, 2.24) is 25.2 Å². The number of nitrogens with one attached hydrogen (secondary N) is 1. The number of carbonyl (C=O) groups excluding carboxylic acids is 1. The minimum absolute atomic E-state index is 0.224. The Morgan fingerprint density at radius 3 is 3.00 bits per heavy atom. The monoisotopic (exact) mass is 289 g/mol. The zero-order valence-electron chi connectivity index (χ0n) is 11.7. The summed E-state index contributed by atoms with van der Waals surface area (Å²) in [6, 6.07) is 6.48. The third-order valence-corrected chi connectivity index (χ3v) is 3.52. The van der Waals surface area contributed by atoms with E-state index in [1.807, 2.05) is 0 Å². The standard InChI is InChI=1S/C14H16FN5O/c1-19(8-10-3-2-4-11(15)5-10)14(21)13-9-20(18-17-13)12-6-16-7-12/h2-5,9,12,16H,6-8H2,1H3. The Morgan fingerprint density at radius 1 is 1.52 bits per heavy atom. The Hall–Kier alpha value is -2.28. The third-order valence-electron chi connectivity index (χ3n) is 3.52. The van der Waals surface area contributed by atoms with Crippen LogP contribution in [0.3, 0.4) is 0 Å². The summed E-state index contributed by atoms with van der Waals surface area (Å²) in [5.74, 6) is -0.533. The molecule has 0 bridgehead atoms. The van der Waals surface area contributed by atoms with Crippen molar-refractivity contribution in [2.24, 2.45) is 0 Å². The van der Waals surface area contributed by atoms with E-state index in [0.717, 1.165) is 18.7 Å². The summed E-state index contributed by atoms with van der Waals surface area (Å²) in [6.45, 7) is 2.01. The van der Waals surface area contributed by atoms with Crippen LogP contribution in [0.2, 0.25) is 0 Å². The van der Waals surface area contributed by atoms with Gasteiger partial charge in [-0.15, -0.1) is 5.10 Å². The molecule has 0 unspecified atom stereocenters. The van der Waals surface area contributed by atoms with Crippen LogP contribution in [0.25, 0.3) is 0 Å². The molecule has 1 aromatic heterocycles. The van der Waals surface area contributed by atoms with Crippen molar-refractivity contribution in [2.75, 3.05) is 20.1 Å². The molecule has 1 N–H and O–H groups in total. The number of hydrogen-bond donors (Lipinski definition) is 1. The maximum atomic E-state index is 13.1. The highest BCUT2D eigenvalue weighted by molar-refractivity contribution is 5.91. The van der Waals surface area contributed by atoms with E-state index < -0.39 is 0 Å². The molecule has 0 spiro atoms. The largest absolute Gasteiger partial charge is 0.336 e. The smallest absolute Gasteiger partial charge is 0.276 e. The van der Waals surface area contributed by atoms with E-state index in [2.05, 4.69) is 15.6 Å². The molecule has 1 amide bonds. The Bertz CT molecular complexity index is 652. The highest BCUT2D eigenvalue weighted by atomic mass is 19.1. The van der Waals surface area contributed by atoms with E-state index in [4.69, 9.17) is 0 Å². The summed E-state index contributed by atoms with van der Waals surface area (Å²) in [4.78, 5) is 13.8.